The van der Waals surface area contributed by atoms with E-state index in [1.165, 1.54) is 12.1 Å². The van der Waals surface area contributed by atoms with E-state index in [4.69, 9.17) is 21.1 Å². The average molecular weight is 463 g/mol. The Morgan fingerprint density at radius 1 is 0.939 bits per heavy atom. The molecular weight excluding hydrogens is 443 g/mol. The predicted octanol–water partition coefficient (Wildman–Crippen LogP) is 5.84. The molecule has 0 fully saturated rings. The van der Waals surface area contributed by atoms with Crippen LogP contribution in [0.2, 0.25) is 5.02 Å². The van der Waals surface area contributed by atoms with E-state index < -0.39 is 5.82 Å². The standard InChI is InChI=1S/C26H20ClFN2O3/c27-22-14-20(28)9-8-19(22)16-30(15-18-7-10-24-25(13-18)33-17-32-24)26(31)21-5-1-2-6-23(21)29-11-3-4-12-29/h1-14H,15-17H2. The van der Waals surface area contributed by atoms with Crippen LogP contribution >= 0.6 is 11.6 Å². The fourth-order valence-corrected chi connectivity index (χ4v) is 4.09. The number of ether oxygens (including phenoxy) is 2. The van der Waals surface area contributed by atoms with Gasteiger partial charge in [-0.25, -0.2) is 4.39 Å². The zero-order chi connectivity index (χ0) is 22.8. The lowest BCUT2D eigenvalue weighted by atomic mass is 10.1. The number of carbonyl (C=O) groups excluding carboxylic acids is 1. The van der Waals surface area contributed by atoms with Crippen molar-refractivity contribution in [3.8, 4) is 17.2 Å². The van der Waals surface area contributed by atoms with E-state index in [0.717, 1.165) is 11.3 Å². The van der Waals surface area contributed by atoms with Gasteiger partial charge in [-0.15, -0.1) is 0 Å². The molecule has 0 radical (unpaired) electrons. The highest BCUT2D eigenvalue weighted by molar-refractivity contribution is 6.31. The maximum absolute atomic E-state index is 13.8. The van der Waals surface area contributed by atoms with Gasteiger partial charge in [0, 0.05) is 30.5 Å². The topological polar surface area (TPSA) is 43.7 Å². The number of halogens is 2. The van der Waals surface area contributed by atoms with Crippen molar-refractivity contribution >= 4 is 17.5 Å². The van der Waals surface area contributed by atoms with Gasteiger partial charge in [-0.05, 0) is 59.7 Å². The summed E-state index contributed by atoms with van der Waals surface area (Å²) in [6, 6.07) is 21.1. The van der Waals surface area contributed by atoms with Gasteiger partial charge >= 0.3 is 0 Å². The van der Waals surface area contributed by atoms with Crippen LogP contribution in [0.15, 0.2) is 85.2 Å². The van der Waals surface area contributed by atoms with Gasteiger partial charge in [-0.3, -0.25) is 4.79 Å². The summed E-state index contributed by atoms with van der Waals surface area (Å²) in [6.07, 6.45) is 3.79. The van der Waals surface area contributed by atoms with E-state index in [1.807, 2.05) is 65.5 Å². The molecule has 2 heterocycles. The first-order chi connectivity index (χ1) is 16.1. The van der Waals surface area contributed by atoms with Gasteiger partial charge in [-0.1, -0.05) is 35.9 Å². The number of rotatable bonds is 6. The molecule has 1 aromatic heterocycles. The molecule has 1 aliphatic rings. The molecule has 166 valence electrons. The van der Waals surface area contributed by atoms with Gasteiger partial charge in [0.1, 0.15) is 5.82 Å². The molecule has 0 saturated heterocycles. The molecule has 4 aromatic rings. The maximum Gasteiger partial charge on any atom is 0.256 e. The van der Waals surface area contributed by atoms with Crippen LogP contribution in [-0.2, 0) is 13.1 Å². The number of fused-ring (bicyclic) bond motifs is 1. The van der Waals surface area contributed by atoms with Crippen molar-refractivity contribution in [3.63, 3.8) is 0 Å². The second-order valence-corrected chi connectivity index (χ2v) is 8.10. The number of nitrogens with zero attached hydrogens (tertiary/aromatic N) is 2. The van der Waals surface area contributed by atoms with Gasteiger partial charge in [0.25, 0.3) is 5.91 Å². The van der Waals surface area contributed by atoms with E-state index in [-0.39, 0.29) is 24.3 Å². The van der Waals surface area contributed by atoms with Gasteiger partial charge in [0.15, 0.2) is 11.5 Å². The average Bonchev–Trinajstić information content (AvgIpc) is 3.52. The number of benzene rings is 3. The zero-order valence-corrected chi connectivity index (χ0v) is 18.3. The van der Waals surface area contributed by atoms with Crippen LogP contribution in [-0.4, -0.2) is 22.2 Å². The Bertz CT molecular complexity index is 1310. The number of carbonyl (C=O) groups is 1. The van der Waals surface area contributed by atoms with Crippen LogP contribution in [0.4, 0.5) is 4.39 Å². The molecule has 0 atom stereocenters. The maximum atomic E-state index is 13.8. The van der Waals surface area contributed by atoms with E-state index in [9.17, 15) is 9.18 Å². The SMILES string of the molecule is O=C(c1ccccc1-n1cccc1)N(Cc1ccc2c(c1)OCO2)Cc1ccc(F)cc1Cl. The lowest BCUT2D eigenvalue weighted by Crippen LogP contribution is -2.31. The summed E-state index contributed by atoms with van der Waals surface area (Å²) >= 11 is 6.30. The van der Waals surface area contributed by atoms with E-state index in [1.54, 1.807) is 17.0 Å². The highest BCUT2D eigenvalue weighted by Crippen LogP contribution is 2.33. The molecule has 0 saturated carbocycles. The molecule has 0 spiro atoms. The first kappa shape index (κ1) is 21.1. The van der Waals surface area contributed by atoms with Crippen LogP contribution in [0.1, 0.15) is 21.5 Å². The van der Waals surface area contributed by atoms with E-state index in [2.05, 4.69) is 0 Å². The third-order valence-corrected chi connectivity index (χ3v) is 5.84. The monoisotopic (exact) mass is 462 g/mol. The van der Waals surface area contributed by atoms with Crippen molar-refractivity contribution in [3.05, 3.63) is 113 Å². The molecule has 0 bridgehead atoms. The molecule has 0 unspecified atom stereocenters. The summed E-state index contributed by atoms with van der Waals surface area (Å²) in [4.78, 5) is 15.5. The molecule has 7 heteroatoms. The first-order valence-electron chi connectivity index (χ1n) is 10.4. The molecule has 5 nitrogen and oxygen atoms in total. The minimum Gasteiger partial charge on any atom is -0.454 e. The highest BCUT2D eigenvalue weighted by atomic mass is 35.5. The summed E-state index contributed by atoms with van der Waals surface area (Å²) in [7, 11) is 0. The quantitative estimate of drug-likeness (QED) is 0.361. The summed E-state index contributed by atoms with van der Waals surface area (Å²) in [5.41, 5.74) is 2.86. The minimum atomic E-state index is -0.421. The van der Waals surface area contributed by atoms with Crippen molar-refractivity contribution in [2.75, 3.05) is 6.79 Å². The summed E-state index contributed by atoms with van der Waals surface area (Å²) in [6.45, 7) is 0.701. The Morgan fingerprint density at radius 3 is 2.55 bits per heavy atom. The van der Waals surface area contributed by atoms with E-state index in [0.29, 0.717) is 29.2 Å². The van der Waals surface area contributed by atoms with Gasteiger partial charge in [0.2, 0.25) is 6.79 Å². The Labute approximate surface area is 195 Å². The Balaban J connectivity index is 1.51. The second kappa shape index (κ2) is 9.00. The number of para-hydroxylation sites is 1. The van der Waals surface area contributed by atoms with Crippen molar-refractivity contribution in [1.82, 2.24) is 9.47 Å². The third-order valence-electron chi connectivity index (χ3n) is 5.49. The van der Waals surface area contributed by atoms with Crippen molar-refractivity contribution in [2.24, 2.45) is 0 Å². The molecular formula is C26H20ClFN2O3. The lowest BCUT2D eigenvalue weighted by molar-refractivity contribution is 0.0730. The molecule has 33 heavy (non-hydrogen) atoms. The van der Waals surface area contributed by atoms with Gasteiger partial charge in [-0.2, -0.15) is 0 Å². The number of hydrogen-bond donors (Lipinski definition) is 0. The van der Waals surface area contributed by atoms with Crippen LogP contribution in [0.25, 0.3) is 5.69 Å². The van der Waals surface area contributed by atoms with Crippen LogP contribution < -0.4 is 9.47 Å². The number of amides is 1. The minimum absolute atomic E-state index is 0.169. The summed E-state index contributed by atoms with van der Waals surface area (Å²) < 4.78 is 26.4. The first-order valence-corrected chi connectivity index (χ1v) is 10.8. The molecule has 0 aliphatic carbocycles. The van der Waals surface area contributed by atoms with Crippen LogP contribution in [0.3, 0.4) is 0 Å². The third kappa shape index (κ3) is 4.43. The van der Waals surface area contributed by atoms with Crippen LogP contribution in [0, 0.1) is 5.82 Å². The fraction of sp³-hybridized carbons (Fsp3) is 0.115. The Hall–Kier alpha value is -3.77. The van der Waals surface area contributed by atoms with Crippen molar-refractivity contribution in [2.45, 2.75) is 13.1 Å². The Kier molecular flexibility index (Phi) is 5.75. The van der Waals surface area contributed by atoms with E-state index >= 15 is 0 Å². The molecule has 1 amide bonds. The number of hydrogen-bond acceptors (Lipinski definition) is 3. The van der Waals surface area contributed by atoms with Crippen molar-refractivity contribution in [1.29, 1.82) is 0 Å². The summed E-state index contributed by atoms with van der Waals surface area (Å²) in [5, 5.41) is 0.275. The van der Waals surface area contributed by atoms with Gasteiger partial charge < -0.3 is 18.9 Å². The molecule has 5 rings (SSSR count). The fourth-order valence-electron chi connectivity index (χ4n) is 3.86. The zero-order valence-electron chi connectivity index (χ0n) is 17.6. The molecule has 1 aliphatic heterocycles. The smallest absolute Gasteiger partial charge is 0.256 e. The molecule has 0 N–H and O–H groups in total. The summed E-state index contributed by atoms with van der Waals surface area (Å²) in [5.74, 6) is 0.733. The highest BCUT2D eigenvalue weighted by Gasteiger charge is 2.22. The Morgan fingerprint density at radius 2 is 1.73 bits per heavy atom. The largest absolute Gasteiger partial charge is 0.454 e. The second-order valence-electron chi connectivity index (χ2n) is 7.69. The lowest BCUT2D eigenvalue weighted by Gasteiger charge is -2.25. The predicted molar refractivity (Wildman–Crippen MR) is 123 cm³/mol. The normalized spacial score (nSPS) is 12.1. The molecule has 3 aromatic carbocycles. The van der Waals surface area contributed by atoms with Gasteiger partial charge in [0.05, 0.1) is 11.3 Å². The van der Waals surface area contributed by atoms with Crippen LogP contribution in [0.5, 0.6) is 11.5 Å². The number of aromatic nitrogens is 1. The van der Waals surface area contributed by atoms with Crippen molar-refractivity contribution < 1.29 is 18.7 Å².